The zero-order valence-corrected chi connectivity index (χ0v) is 22.7. The van der Waals surface area contributed by atoms with Crippen molar-refractivity contribution >= 4 is 34.4 Å². The van der Waals surface area contributed by atoms with Gasteiger partial charge in [-0.1, -0.05) is 68.6 Å². The van der Waals surface area contributed by atoms with E-state index in [9.17, 15) is 14.0 Å². The molecule has 5 nitrogen and oxygen atoms in total. The van der Waals surface area contributed by atoms with Crippen molar-refractivity contribution in [2.75, 3.05) is 6.54 Å². The summed E-state index contributed by atoms with van der Waals surface area (Å²) >= 11 is 6.06. The highest BCUT2D eigenvalue weighted by Crippen LogP contribution is 2.39. The molecule has 0 radical (unpaired) electrons. The van der Waals surface area contributed by atoms with E-state index in [1.54, 1.807) is 30.3 Å². The number of carbonyl (C=O) groups is 2. The molecule has 0 aliphatic carbocycles. The molecule has 0 aliphatic heterocycles. The number of benzene rings is 3. The summed E-state index contributed by atoms with van der Waals surface area (Å²) in [5.41, 5.74) is 4.47. The Labute approximate surface area is 228 Å². The van der Waals surface area contributed by atoms with E-state index in [-0.39, 0.29) is 30.6 Å². The van der Waals surface area contributed by atoms with Gasteiger partial charge in [0.2, 0.25) is 0 Å². The Kier molecular flexibility index (Phi) is 10.5. The highest BCUT2D eigenvalue weighted by atomic mass is 35.5. The lowest BCUT2D eigenvalue weighted by atomic mass is 9.79. The molecule has 3 N–H and O–H groups in total. The van der Waals surface area contributed by atoms with Gasteiger partial charge in [-0.2, -0.15) is 0 Å². The van der Waals surface area contributed by atoms with Crippen LogP contribution < -0.4 is 5.32 Å². The van der Waals surface area contributed by atoms with Crippen LogP contribution in [0.4, 0.5) is 4.39 Å². The fourth-order valence-electron chi connectivity index (χ4n) is 4.68. The van der Waals surface area contributed by atoms with E-state index in [0.717, 1.165) is 34.4 Å². The van der Waals surface area contributed by atoms with Crippen molar-refractivity contribution in [3.8, 4) is 0 Å². The van der Waals surface area contributed by atoms with Crippen molar-refractivity contribution < 1.29 is 19.1 Å². The smallest absolute Gasteiger partial charge is 0.305 e. The van der Waals surface area contributed by atoms with Crippen LogP contribution in [0.2, 0.25) is 5.02 Å². The average molecular weight is 537 g/mol. The molecular formula is C31H34ClFN2O3. The van der Waals surface area contributed by atoms with E-state index in [2.05, 4.69) is 42.3 Å². The van der Waals surface area contributed by atoms with Crippen molar-refractivity contribution in [3.05, 3.63) is 106 Å². The maximum Gasteiger partial charge on any atom is 0.305 e. The molecule has 4 rings (SSSR count). The number of carboxylic acids is 1. The zero-order valence-electron chi connectivity index (χ0n) is 21.9. The number of aromatic amines is 1. The first-order chi connectivity index (χ1) is 18.2. The fraction of sp³-hybridized carbons (Fsp3) is 0.290. The van der Waals surface area contributed by atoms with Crippen LogP contribution in [-0.2, 0) is 4.79 Å². The van der Waals surface area contributed by atoms with E-state index in [4.69, 9.17) is 16.7 Å². The SMILES string of the molecule is CCC[C@H](C)C(c1ccc(Cl)cc1)c1c[nH]c2c(F)cc(C)cc12.O=C(O)CCNC(=O)c1ccccc1. The van der Waals surface area contributed by atoms with E-state index < -0.39 is 5.97 Å². The van der Waals surface area contributed by atoms with Crippen LogP contribution in [0.5, 0.6) is 0 Å². The van der Waals surface area contributed by atoms with Crippen molar-refractivity contribution in [2.45, 2.75) is 46.0 Å². The maximum atomic E-state index is 14.3. The summed E-state index contributed by atoms with van der Waals surface area (Å²) in [6.45, 7) is 6.57. The lowest BCUT2D eigenvalue weighted by molar-refractivity contribution is -0.136. The Bertz CT molecular complexity index is 1350. The molecule has 7 heteroatoms. The van der Waals surface area contributed by atoms with Crippen LogP contribution in [0, 0.1) is 18.7 Å². The Balaban J connectivity index is 0.000000244. The molecule has 0 saturated heterocycles. The van der Waals surface area contributed by atoms with Crippen LogP contribution in [0.3, 0.4) is 0 Å². The van der Waals surface area contributed by atoms with Gasteiger partial charge in [0, 0.05) is 34.6 Å². The molecule has 0 fully saturated rings. The third kappa shape index (κ3) is 7.68. The van der Waals surface area contributed by atoms with Gasteiger partial charge in [-0.3, -0.25) is 9.59 Å². The number of carboxylic acid groups (broad SMARTS) is 1. The first-order valence-electron chi connectivity index (χ1n) is 12.8. The molecule has 38 heavy (non-hydrogen) atoms. The molecule has 0 spiro atoms. The molecule has 200 valence electrons. The van der Waals surface area contributed by atoms with Gasteiger partial charge < -0.3 is 15.4 Å². The van der Waals surface area contributed by atoms with Gasteiger partial charge in [0.05, 0.1) is 11.9 Å². The number of aryl methyl sites for hydroxylation is 1. The highest BCUT2D eigenvalue weighted by Gasteiger charge is 2.24. The average Bonchev–Trinajstić information content (AvgIpc) is 3.30. The monoisotopic (exact) mass is 536 g/mol. The lowest BCUT2D eigenvalue weighted by Gasteiger charge is -2.24. The van der Waals surface area contributed by atoms with Crippen LogP contribution >= 0.6 is 11.6 Å². The zero-order chi connectivity index (χ0) is 27.7. The minimum Gasteiger partial charge on any atom is -0.481 e. The maximum absolute atomic E-state index is 14.3. The van der Waals surface area contributed by atoms with Gasteiger partial charge in [-0.15, -0.1) is 0 Å². The van der Waals surface area contributed by atoms with E-state index in [0.29, 0.717) is 17.0 Å². The minimum absolute atomic E-state index is 0.0570. The molecule has 0 aliphatic rings. The number of hydrogen-bond donors (Lipinski definition) is 3. The second-order valence-corrected chi connectivity index (χ2v) is 9.91. The first-order valence-corrected chi connectivity index (χ1v) is 13.2. The minimum atomic E-state index is -0.918. The Morgan fingerprint density at radius 2 is 1.76 bits per heavy atom. The van der Waals surface area contributed by atoms with Crippen molar-refractivity contribution in [3.63, 3.8) is 0 Å². The van der Waals surface area contributed by atoms with Gasteiger partial charge >= 0.3 is 5.97 Å². The number of amides is 1. The molecule has 1 heterocycles. The summed E-state index contributed by atoms with van der Waals surface area (Å²) in [5, 5.41) is 12.6. The Morgan fingerprint density at radius 3 is 2.39 bits per heavy atom. The molecular weight excluding hydrogens is 503 g/mol. The molecule has 4 aromatic rings. The molecule has 0 bridgehead atoms. The third-order valence-corrected chi connectivity index (χ3v) is 6.71. The Morgan fingerprint density at radius 1 is 1.08 bits per heavy atom. The number of hydrogen-bond acceptors (Lipinski definition) is 2. The molecule has 1 unspecified atom stereocenters. The van der Waals surface area contributed by atoms with Gasteiger partial charge in [-0.25, -0.2) is 4.39 Å². The normalized spacial score (nSPS) is 12.3. The summed E-state index contributed by atoms with van der Waals surface area (Å²) in [7, 11) is 0. The number of rotatable bonds is 9. The van der Waals surface area contributed by atoms with Gasteiger partial charge in [0.25, 0.3) is 5.91 Å². The molecule has 1 amide bonds. The third-order valence-electron chi connectivity index (χ3n) is 6.46. The lowest BCUT2D eigenvalue weighted by Crippen LogP contribution is -2.25. The molecule has 0 saturated carbocycles. The van der Waals surface area contributed by atoms with E-state index >= 15 is 0 Å². The summed E-state index contributed by atoms with van der Waals surface area (Å²) < 4.78 is 14.3. The number of aliphatic carboxylic acids is 1. The molecule has 2 atom stereocenters. The predicted octanol–water partition coefficient (Wildman–Crippen LogP) is 7.73. The van der Waals surface area contributed by atoms with Crippen molar-refractivity contribution in [1.29, 1.82) is 0 Å². The number of halogens is 2. The van der Waals surface area contributed by atoms with Crippen molar-refractivity contribution in [1.82, 2.24) is 10.3 Å². The molecule has 1 aromatic heterocycles. The van der Waals surface area contributed by atoms with Crippen LogP contribution in [0.25, 0.3) is 10.9 Å². The highest BCUT2D eigenvalue weighted by molar-refractivity contribution is 6.30. The number of fused-ring (bicyclic) bond motifs is 1. The van der Waals surface area contributed by atoms with Crippen LogP contribution in [0.15, 0.2) is 72.9 Å². The predicted molar refractivity (Wildman–Crippen MR) is 151 cm³/mol. The number of H-pyrrole nitrogens is 1. The van der Waals surface area contributed by atoms with E-state index in [1.165, 1.54) is 5.56 Å². The van der Waals surface area contributed by atoms with Crippen LogP contribution in [-0.4, -0.2) is 28.5 Å². The van der Waals surface area contributed by atoms with Gasteiger partial charge in [-0.05, 0) is 65.9 Å². The largest absolute Gasteiger partial charge is 0.481 e. The second-order valence-electron chi connectivity index (χ2n) is 9.47. The van der Waals surface area contributed by atoms with Crippen molar-refractivity contribution in [2.24, 2.45) is 5.92 Å². The number of nitrogens with one attached hydrogen (secondary N) is 2. The topological polar surface area (TPSA) is 82.2 Å². The Hall–Kier alpha value is -3.64. The summed E-state index contributed by atoms with van der Waals surface area (Å²) in [6, 6.07) is 20.4. The summed E-state index contributed by atoms with van der Waals surface area (Å²) in [4.78, 5) is 24.6. The van der Waals surface area contributed by atoms with Gasteiger partial charge in [0.1, 0.15) is 5.82 Å². The fourth-order valence-corrected chi connectivity index (χ4v) is 4.81. The van der Waals surface area contributed by atoms with Crippen LogP contribution in [0.1, 0.15) is 66.1 Å². The number of carbonyl (C=O) groups excluding carboxylic acids is 1. The van der Waals surface area contributed by atoms with E-state index in [1.807, 2.05) is 31.3 Å². The second kappa shape index (κ2) is 13.8. The summed E-state index contributed by atoms with van der Waals surface area (Å²) in [5.74, 6) is -0.671. The van der Waals surface area contributed by atoms with Gasteiger partial charge in [0.15, 0.2) is 0 Å². The first kappa shape index (κ1) is 28.9. The quantitative estimate of drug-likeness (QED) is 0.205. The summed E-state index contributed by atoms with van der Waals surface area (Å²) in [6.07, 6.45) is 4.16. The number of aromatic nitrogens is 1. The molecule has 3 aromatic carbocycles. The standard InChI is InChI=1S/C21H23ClFN.C10H11NO3/c1-4-5-14(3)20(15-6-8-16(22)9-7-15)18-12-24-21-17(18)10-13(2)11-19(21)23;12-9(13)6-7-11-10(14)8-4-2-1-3-5-8/h6-12,14,20,24H,4-5H2,1-3H3;1-5H,6-7H2,(H,11,14)(H,12,13)/t14-,20?;/m0./s1.